The van der Waals surface area contributed by atoms with Crippen LogP contribution in [0.5, 0.6) is 0 Å². The van der Waals surface area contributed by atoms with E-state index >= 15 is 0 Å². The second kappa shape index (κ2) is 4.43. The molecule has 0 aliphatic heterocycles. The van der Waals surface area contributed by atoms with Crippen LogP contribution in [0, 0.1) is 11.6 Å². The third kappa shape index (κ3) is 2.10. The molecule has 4 heteroatoms. The molecule has 2 nitrogen and oxygen atoms in total. The average Bonchev–Trinajstić information content (AvgIpc) is 2.22. The van der Waals surface area contributed by atoms with Crippen LogP contribution in [0.4, 0.5) is 8.78 Å². The number of carboxylic acids is 1. The van der Waals surface area contributed by atoms with E-state index in [0.717, 1.165) is 12.1 Å². The van der Waals surface area contributed by atoms with Gasteiger partial charge < -0.3 is 5.11 Å². The molecule has 1 unspecified atom stereocenters. The third-order valence-corrected chi connectivity index (χ3v) is 2.58. The Bertz CT molecular complexity index is 429. The minimum atomic E-state index is -1.28. The molecular weight excluding hydrogens is 214 g/mol. The highest BCUT2D eigenvalue weighted by atomic mass is 19.2. The summed E-state index contributed by atoms with van der Waals surface area (Å²) in [6.45, 7) is 4.91. The predicted octanol–water partition coefficient (Wildman–Crippen LogP) is 2.88. The number of halogens is 2. The maximum atomic E-state index is 13.0. The largest absolute Gasteiger partial charge is 0.481 e. The van der Waals surface area contributed by atoms with Crippen molar-refractivity contribution >= 4 is 5.97 Å². The van der Waals surface area contributed by atoms with Crippen molar-refractivity contribution in [2.75, 3.05) is 0 Å². The molecular formula is C12H12F2O2. The van der Waals surface area contributed by atoms with Gasteiger partial charge in [0.2, 0.25) is 0 Å². The number of rotatable bonds is 4. The maximum absolute atomic E-state index is 13.0. The second-order valence-corrected chi connectivity index (χ2v) is 3.76. The molecule has 0 amide bonds. The van der Waals surface area contributed by atoms with Gasteiger partial charge in [-0.1, -0.05) is 12.1 Å². The van der Waals surface area contributed by atoms with E-state index < -0.39 is 23.0 Å². The Kier molecular flexibility index (Phi) is 3.42. The fourth-order valence-electron chi connectivity index (χ4n) is 1.46. The molecule has 0 aliphatic carbocycles. The topological polar surface area (TPSA) is 37.3 Å². The summed E-state index contributed by atoms with van der Waals surface area (Å²) < 4.78 is 25.8. The van der Waals surface area contributed by atoms with Crippen molar-refractivity contribution in [3.05, 3.63) is 48.1 Å². The lowest BCUT2D eigenvalue weighted by Gasteiger charge is -2.23. The molecule has 0 saturated carbocycles. The van der Waals surface area contributed by atoms with Crippen molar-refractivity contribution in [3.63, 3.8) is 0 Å². The number of hydrogen-bond donors (Lipinski definition) is 1. The lowest BCUT2D eigenvalue weighted by molar-refractivity contribution is -0.143. The van der Waals surface area contributed by atoms with Crippen LogP contribution in [0.3, 0.4) is 0 Å². The van der Waals surface area contributed by atoms with E-state index in [1.807, 2.05) is 0 Å². The summed E-state index contributed by atoms with van der Waals surface area (Å²) in [5, 5.41) is 9.11. The van der Waals surface area contributed by atoms with E-state index in [1.54, 1.807) is 0 Å². The van der Waals surface area contributed by atoms with Crippen molar-refractivity contribution in [1.29, 1.82) is 0 Å². The predicted molar refractivity (Wildman–Crippen MR) is 56.2 cm³/mol. The van der Waals surface area contributed by atoms with Crippen molar-refractivity contribution in [1.82, 2.24) is 0 Å². The van der Waals surface area contributed by atoms with Gasteiger partial charge in [-0.05, 0) is 31.0 Å². The van der Waals surface area contributed by atoms with Crippen molar-refractivity contribution in [2.45, 2.75) is 18.8 Å². The maximum Gasteiger partial charge on any atom is 0.314 e. The molecule has 0 bridgehead atoms. The highest BCUT2D eigenvalue weighted by Crippen LogP contribution is 2.29. The van der Waals surface area contributed by atoms with E-state index in [2.05, 4.69) is 6.58 Å². The van der Waals surface area contributed by atoms with Gasteiger partial charge in [0.15, 0.2) is 11.6 Å². The Balaban J connectivity index is 3.26. The van der Waals surface area contributed by atoms with Gasteiger partial charge in [0.05, 0.1) is 5.41 Å². The third-order valence-electron chi connectivity index (χ3n) is 2.58. The smallest absolute Gasteiger partial charge is 0.314 e. The standard InChI is InChI=1S/C12H12F2O2/c1-3-6-12(2,11(15)16)8-4-5-9(13)10(14)7-8/h3-5,7H,1,6H2,2H3,(H,15,16). The fourth-order valence-corrected chi connectivity index (χ4v) is 1.46. The first kappa shape index (κ1) is 12.4. The van der Waals surface area contributed by atoms with Gasteiger partial charge in [0, 0.05) is 0 Å². The normalized spacial score (nSPS) is 14.2. The summed E-state index contributed by atoms with van der Waals surface area (Å²) in [4.78, 5) is 11.1. The number of allylic oxidation sites excluding steroid dienone is 1. The molecule has 86 valence electrons. The number of carboxylic acid groups (broad SMARTS) is 1. The second-order valence-electron chi connectivity index (χ2n) is 3.76. The van der Waals surface area contributed by atoms with Crippen LogP contribution in [-0.4, -0.2) is 11.1 Å². The molecule has 1 aromatic carbocycles. The molecule has 0 radical (unpaired) electrons. The molecule has 1 atom stereocenters. The molecule has 1 rings (SSSR count). The zero-order valence-electron chi connectivity index (χ0n) is 8.84. The fraction of sp³-hybridized carbons (Fsp3) is 0.250. The SMILES string of the molecule is C=CCC(C)(C(=O)O)c1ccc(F)c(F)c1. The Labute approximate surface area is 92.2 Å². The molecule has 0 saturated heterocycles. The Morgan fingerprint density at radius 1 is 1.50 bits per heavy atom. The minimum absolute atomic E-state index is 0.146. The zero-order chi connectivity index (χ0) is 12.3. The number of benzene rings is 1. The summed E-state index contributed by atoms with van der Waals surface area (Å²) in [6.07, 6.45) is 1.59. The Morgan fingerprint density at radius 2 is 2.12 bits per heavy atom. The van der Waals surface area contributed by atoms with Crippen LogP contribution in [0.15, 0.2) is 30.9 Å². The van der Waals surface area contributed by atoms with Crippen molar-refractivity contribution < 1.29 is 18.7 Å². The van der Waals surface area contributed by atoms with Crippen molar-refractivity contribution in [3.8, 4) is 0 Å². The van der Waals surface area contributed by atoms with Gasteiger partial charge in [-0.25, -0.2) is 8.78 Å². The van der Waals surface area contributed by atoms with E-state index in [9.17, 15) is 13.6 Å². The number of carbonyl (C=O) groups is 1. The highest BCUT2D eigenvalue weighted by Gasteiger charge is 2.34. The minimum Gasteiger partial charge on any atom is -0.481 e. The van der Waals surface area contributed by atoms with E-state index in [0.29, 0.717) is 0 Å². The monoisotopic (exact) mass is 226 g/mol. The number of hydrogen-bond acceptors (Lipinski definition) is 1. The summed E-state index contributed by atoms with van der Waals surface area (Å²) in [6, 6.07) is 3.11. The zero-order valence-corrected chi connectivity index (χ0v) is 8.84. The van der Waals surface area contributed by atoms with Gasteiger partial charge >= 0.3 is 5.97 Å². The van der Waals surface area contributed by atoms with Gasteiger partial charge in [0.25, 0.3) is 0 Å². The van der Waals surface area contributed by atoms with E-state index in [4.69, 9.17) is 5.11 Å². The molecule has 0 fully saturated rings. The first-order valence-electron chi connectivity index (χ1n) is 4.71. The molecule has 16 heavy (non-hydrogen) atoms. The first-order chi connectivity index (χ1) is 7.41. The Hall–Kier alpha value is -1.71. The lowest BCUT2D eigenvalue weighted by atomic mass is 9.79. The van der Waals surface area contributed by atoms with Gasteiger partial charge in [-0.2, -0.15) is 0 Å². The van der Waals surface area contributed by atoms with Crippen LogP contribution in [0.1, 0.15) is 18.9 Å². The molecule has 1 aromatic rings. The quantitative estimate of drug-likeness (QED) is 0.801. The van der Waals surface area contributed by atoms with Crippen LogP contribution < -0.4 is 0 Å². The number of aliphatic carboxylic acids is 1. The summed E-state index contributed by atoms with van der Waals surface area (Å²) >= 11 is 0. The van der Waals surface area contributed by atoms with Crippen LogP contribution in [-0.2, 0) is 10.2 Å². The van der Waals surface area contributed by atoms with E-state index in [-0.39, 0.29) is 12.0 Å². The van der Waals surface area contributed by atoms with Crippen LogP contribution in [0.2, 0.25) is 0 Å². The molecule has 0 aliphatic rings. The average molecular weight is 226 g/mol. The summed E-state index contributed by atoms with van der Waals surface area (Å²) in [5.41, 5.74) is -1.06. The van der Waals surface area contributed by atoms with Crippen LogP contribution >= 0.6 is 0 Å². The van der Waals surface area contributed by atoms with Crippen molar-refractivity contribution in [2.24, 2.45) is 0 Å². The van der Waals surface area contributed by atoms with E-state index in [1.165, 1.54) is 19.1 Å². The molecule has 0 heterocycles. The van der Waals surface area contributed by atoms with Gasteiger partial charge in [-0.15, -0.1) is 6.58 Å². The highest BCUT2D eigenvalue weighted by molar-refractivity contribution is 5.81. The van der Waals surface area contributed by atoms with Gasteiger partial charge in [0.1, 0.15) is 0 Å². The molecule has 0 spiro atoms. The molecule has 1 N–H and O–H groups in total. The first-order valence-corrected chi connectivity index (χ1v) is 4.71. The Morgan fingerprint density at radius 3 is 2.56 bits per heavy atom. The van der Waals surface area contributed by atoms with Gasteiger partial charge in [-0.3, -0.25) is 4.79 Å². The van der Waals surface area contributed by atoms with Crippen LogP contribution in [0.25, 0.3) is 0 Å². The summed E-state index contributed by atoms with van der Waals surface area (Å²) in [5.74, 6) is -3.14. The molecule has 0 aromatic heterocycles. The summed E-state index contributed by atoms with van der Waals surface area (Å²) in [7, 11) is 0. The lowest BCUT2D eigenvalue weighted by Crippen LogP contribution is -2.32.